The molecule has 6 heteroatoms. The molecule has 21 heavy (non-hydrogen) atoms. The molecule has 108 valence electrons. The number of benzene rings is 2. The largest absolute Gasteiger partial charge is 0.496 e. The van der Waals surface area contributed by atoms with Crippen LogP contribution in [-0.4, -0.2) is 12.1 Å². The molecule has 2 aromatic carbocycles. The van der Waals surface area contributed by atoms with Gasteiger partial charge in [-0.05, 0) is 24.3 Å². The van der Waals surface area contributed by atoms with Crippen molar-refractivity contribution in [1.29, 1.82) is 0 Å². The van der Waals surface area contributed by atoms with Crippen molar-refractivity contribution >= 4 is 38.3 Å². The zero-order valence-electron chi connectivity index (χ0n) is 11.2. The molecule has 0 aliphatic heterocycles. The molecule has 3 nitrogen and oxygen atoms in total. The highest BCUT2D eigenvalue weighted by atomic mass is 35.5. The number of fused-ring (bicyclic) bond motifs is 1. The van der Waals surface area contributed by atoms with Gasteiger partial charge in [0.2, 0.25) is 0 Å². The summed E-state index contributed by atoms with van der Waals surface area (Å²) in [5.74, 6) is 0.439. The van der Waals surface area contributed by atoms with Crippen LogP contribution >= 0.6 is 22.9 Å². The van der Waals surface area contributed by atoms with Gasteiger partial charge in [-0.2, -0.15) is 0 Å². The van der Waals surface area contributed by atoms with Crippen molar-refractivity contribution < 1.29 is 9.13 Å². The van der Waals surface area contributed by atoms with Crippen LogP contribution in [0.1, 0.15) is 5.56 Å². The molecule has 1 N–H and O–H groups in total. The van der Waals surface area contributed by atoms with E-state index in [1.807, 2.05) is 18.2 Å². The molecule has 0 aliphatic carbocycles. The fourth-order valence-corrected chi connectivity index (χ4v) is 3.12. The standard InChI is InChI=1S/C15H12ClFN2OS/c1-20-13-4-2-3-11(16)10(13)8-18-15-19-12-7-9(17)5-6-14(12)21-15/h2-7H,8H2,1H3,(H,18,19). The maximum Gasteiger partial charge on any atom is 0.184 e. The van der Waals surface area contributed by atoms with Gasteiger partial charge in [0.1, 0.15) is 11.6 Å². The highest BCUT2D eigenvalue weighted by Gasteiger charge is 2.09. The summed E-state index contributed by atoms with van der Waals surface area (Å²) in [4.78, 5) is 4.36. The maximum absolute atomic E-state index is 13.2. The fourth-order valence-electron chi connectivity index (χ4n) is 2.04. The Kier molecular flexibility index (Phi) is 3.94. The van der Waals surface area contributed by atoms with Crippen LogP contribution in [0.15, 0.2) is 36.4 Å². The number of anilines is 1. The summed E-state index contributed by atoms with van der Waals surface area (Å²) in [6.45, 7) is 0.491. The van der Waals surface area contributed by atoms with Crippen molar-refractivity contribution in [2.24, 2.45) is 0 Å². The minimum atomic E-state index is -0.285. The Morgan fingerprint density at radius 1 is 1.33 bits per heavy atom. The van der Waals surface area contributed by atoms with E-state index in [0.29, 0.717) is 17.1 Å². The lowest BCUT2D eigenvalue weighted by atomic mass is 10.2. The van der Waals surface area contributed by atoms with E-state index < -0.39 is 0 Å². The van der Waals surface area contributed by atoms with Gasteiger partial charge in [-0.15, -0.1) is 0 Å². The number of rotatable bonds is 4. The number of hydrogen-bond acceptors (Lipinski definition) is 4. The molecule has 0 saturated carbocycles. The molecule has 0 spiro atoms. The SMILES string of the molecule is COc1cccc(Cl)c1CNc1nc2cc(F)ccc2s1. The zero-order valence-corrected chi connectivity index (χ0v) is 12.8. The summed E-state index contributed by atoms with van der Waals surface area (Å²) in [6.07, 6.45) is 0. The first kappa shape index (κ1) is 14.1. The quantitative estimate of drug-likeness (QED) is 0.755. The Labute approximate surface area is 130 Å². The molecule has 0 amide bonds. The molecule has 0 fully saturated rings. The van der Waals surface area contributed by atoms with Gasteiger partial charge < -0.3 is 10.1 Å². The van der Waals surface area contributed by atoms with Crippen LogP contribution in [0.4, 0.5) is 9.52 Å². The number of nitrogens with zero attached hydrogens (tertiary/aromatic N) is 1. The van der Waals surface area contributed by atoms with Gasteiger partial charge in [0, 0.05) is 23.2 Å². The second-order valence-electron chi connectivity index (χ2n) is 4.41. The average Bonchev–Trinajstić information content (AvgIpc) is 2.87. The van der Waals surface area contributed by atoms with E-state index in [2.05, 4.69) is 10.3 Å². The van der Waals surface area contributed by atoms with Crippen LogP contribution in [0, 0.1) is 5.82 Å². The number of ether oxygens (including phenoxy) is 1. The van der Waals surface area contributed by atoms with Gasteiger partial charge in [-0.25, -0.2) is 9.37 Å². The van der Waals surface area contributed by atoms with Crippen molar-refractivity contribution in [3.63, 3.8) is 0 Å². The second-order valence-corrected chi connectivity index (χ2v) is 5.84. The first-order chi connectivity index (χ1) is 10.2. The highest BCUT2D eigenvalue weighted by molar-refractivity contribution is 7.22. The third-order valence-electron chi connectivity index (χ3n) is 3.06. The summed E-state index contributed by atoms with van der Waals surface area (Å²) in [7, 11) is 1.61. The minimum Gasteiger partial charge on any atom is -0.496 e. The van der Waals surface area contributed by atoms with Gasteiger partial charge in [-0.1, -0.05) is 29.0 Å². The van der Waals surface area contributed by atoms with Gasteiger partial charge in [0.05, 0.1) is 17.3 Å². The Hall–Kier alpha value is -1.85. The molecule has 1 aromatic heterocycles. The molecular weight excluding hydrogens is 311 g/mol. The van der Waals surface area contributed by atoms with E-state index in [1.165, 1.54) is 23.5 Å². The van der Waals surface area contributed by atoms with E-state index in [9.17, 15) is 4.39 Å². The normalized spacial score (nSPS) is 10.8. The Bertz CT molecular complexity index is 790. The number of hydrogen-bond donors (Lipinski definition) is 1. The molecule has 0 bridgehead atoms. The summed E-state index contributed by atoms with van der Waals surface area (Å²) in [5, 5.41) is 4.56. The monoisotopic (exact) mass is 322 g/mol. The smallest absolute Gasteiger partial charge is 0.184 e. The second kappa shape index (κ2) is 5.87. The first-order valence-electron chi connectivity index (χ1n) is 6.28. The Morgan fingerprint density at radius 3 is 3.00 bits per heavy atom. The van der Waals surface area contributed by atoms with Crippen molar-refractivity contribution in [1.82, 2.24) is 4.98 Å². The van der Waals surface area contributed by atoms with Gasteiger partial charge in [0.15, 0.2) is 5.13 Å². The van der Waals surface area contributed by atoms with E-state index in [4.69, 9.17) is 16.3 Å². The highest BCUT2D eigenvalue weighted by Crippen LogP contribution is 2.30. The lowest BCUT2D eigenvalue weighted by Gasteiger charge is -2.10. The van der Waals surface area contributed by atoms with Crippen LogP contribution < -0.4 is 10.1 Å². The predicted octanol–water partition coefficient (Wildman–Crippen LogP) is 4.71. The van der Waals surface area contributed by atoms with E-state index >= 15 is 0 Å². The Morgan fingerprint density at radius 2 is 2.19 bits per heavy atom. The molecule has 1 heterocycles. The van der Waals surface area contributed by atoms with Crippen LogP contribution in [0.3, 0.4) is 0 Å². The summed E-state index contributed by atoms with van der Waals surface area (Å²) in [6, 6.07) is 10.1. The first-order valence-corrected chi connectivity index (χ1v) is 7.48. The van der Waals surface area contributed by atoms with E-state index in [1.54, 1.807) is 13.2 Å². The van der Waals surface area contributed by atoms with Crippen molar-refractivity contribution in [3.05, 3.63) is 52.8 Å². The molecule has 0 saturated heterocycles. The molecule has 0 unspecified atom stereocenters. The van der Waals surface area contributed by atoms with Gasteiger partial charge in [0.25, 0.3) is 0 Å². The average molecular weight is 323 g/mol. The van der Waals surface area contributed by atoms with Crippen LogP contribution in [0.5, 0.6) is 5.75 Å². The molecule has 0 radical (unpaired) electrons. The number of aromatic nitrogens is 1. The molecule has 0 aliphatic rings. The summed E-state index contributed by atoms with van der Waals surface area (Å²) in [5.41, 5.74) is 1.51. The van der Waals surface area contributed by atoms with Crippen LogP contribution in [0.25, 0.3) is 10.2 Å². The van der Waals surface area contributed by atoms with Crippen molar-refractivity contribution in [3.8, 4) is 5.75 Å². The zero-order chi connectivity index (χ0) is 14.8. The van der Waals surface area contributed by atoms with Crippen LogP contribution in [0.2, 0.25) is 5.02 Å². The molecule has 0 atom stereocenters. The van der Waals surface area contributed by atoms with Gasteiger partial charge in [-0.3, -0.25) is 0 Å². The number of thiazole rings is 1. The minimum absolute atomic E-state index is 0.285. The molecule has 3 rings (SSSR count). The predicted molar refractivity (Wildman–Crippen MR) is 84.9 cm³/mol. The topological polar surface area (TPSA) is 34.1 Å². The molecular formula is C15H12ClFN2OS. The third kappa shape index (κ3) is 2.94. The summed E-state index contributed by atoms with van der Waals surface area (Å²) >= 11 is 7.66. The summed E-state index contributed by atoms with van der Waals surface area (Å²) < 4.78 is 19.4. The number of nitrogens with one attached hydrogen (secondary N) is 1. The lowest BCUT2D eigenvalue weighted by molar-refractivity contribution is 0.410. The lowest BCUT2D eigenvalue weighted by Crippen LogP contribution is -2.02. The Balaban J connectivity index is 1.83. The fraction of sp³-hybridized carbons (Fsp3) is 0.133. The van der Waals surface area contributed by atoms with E-state index in [-0.39, 0.29) is 5.82 Å². The van der Waals surface area contributed by atoms with Crippen molar-refractivity contribution in [2.75, 3.05) is 12.4 Å². The van der Waals surface area contributed by atoms with Crippen molar-refractivity contribution in [2.45, 2.75) is 6.54 Å². The van der Waals surface area contributed by atoms with Crippen LogP contribution in [-0.2, 0) is 6.54 Å². The maximum atomic E-state index is 13.2. The number of halogens is 2. The van der Waals surface area contributed by atoms with Gasteiger partial charge >= 0.3 is 0 Å². The number of methoxy groups -OCH3 is 1. The van der Waals surface area contributed by atoms with E-state index in [0.717, 1.165) is 21.1 Å². The molecule has 3 aromatic rings. The third-order valence-corrected chi connectivity index (χ3v) is 4.41.